The van der Waals surface area contributed by atoms with Crippen LogP contribution in [-0.4, -0.2) is 34.6 Å². The van der Waals surface area contributed by atoms with Gasteiger partial charge < -0.3 is 0 Å². The van der Waals surface area contributed by atoms with Gasteiger partial charge in [0, 0.05) is 29.7 Å². The normalized spacial score (nSPS) is 20.6. The van der Waals surface area contributed by atoms with Gasteiger partial charge in [-0.05, 0) is 52.8 Å². The lowest BCUT2D eigenvalue weighted by atomic mass is 9.83. The Balaban J connectivity index is 1.73. The number of nitrogens with one attached hydrogen (secondary N) is 2. The van der Waals surface area contributed by atoms with E-state index in [1.165, 1.54) is 5.56 Å². The molecule has 1 aromatic heterocycles. The highest BCUT2D eigenvalue weighted by Crippen LogP contribution is 2.36. The van der Waals surface area contributed by atoms with Gasteiger partial charge in [0.25, 0.3) is 0 Å². The number of hydrogen-bond acceptors (Lipinski definition) is 5. The Kier molecular flexibility index (Phi) is 5.79. The maximum Gasteiger partial charge on any atom is 0.110 e. The first-order valence-electron chi connectivity index (χ1n) is 8.73. The molecule has 1 aliphatic rings. The van der Waals surface area contributed by atoms with E-state index in [-0.39, 0.29) is 0 Å². The summed E-state index contributed by atoms with van der Waals surface area (Å²) in [5.41, 5.74) is 4.69. The minimum atomic E-state index is 0.392. The van der Waals surface area contributed by atoms with Crippen LogP contribution >= 0.6 is 12.1 Å². The predicted octanol–water partition coefficient (Wildman–Crippen LogP) is 4.00. The Morgan fingerprint density at radius 3 is 2.68 bits per heavy atom. The number of aryl methyl sites for hydroxylation is 1. The number of aromatic amines is 1. The Bertz CT molecular complexity index is 753. The monoisotopic (exact) mass is 355 g/mol. The molecule has 1 heterocycles. The molecule has 132 valence electrons. The van der Waals surface area contributed by atoms with E-state index in [0.29, 0.717) is 17.5 Å². The molecule has 6 heteroatoms. The molecule has 1 aliphatic carbocycles. The third-order valence-corrected chi connectivity index (χ3v) is 5.54. The maximum absolute atomic E-state index is 9.72. The Morgan fingerprint density at radius 2 is 2.04 bits per heavy atom. The van der Waals surface area contributed by atoms with Crippen LogP contribution in [0.3, 0.4) is 0 Å². The number of benzene rings is 1. The second kappa shape index (κ2) is 8.05. The van der Waals surface area contributed by atoms with Gasteiger partial charge in [-0.2, -0.15) is 10.4 Å². The second-order valence-electron chi connectivity index (χ2n) is 6.91. The minimum absolute atomic E-state index is 0.392. The molecule has 25 heavy (non-hydrogen) atoms. The lowest BCUT2D eigenvalue weighted by molar-refractivity contribution is 0.374. The zero-order valence-electron chi connectivity index (χ0n) is 15.0. The standard InChI is InChI=1S/C19H25N5S/c1-13-5-4-6-15(11-13)19-17(12-20)18(21-22-19)14-7-9-16(10-8-14)23-25-24(2)3/h4-6,11,14,16,23H,7-10H2,1-3H3,(H,21,22). The molecule has 2 aromatic rings. The maximum atomic E-state index is 9.72. The average Bonchev–Trinajstić information content (AvgIpc) is 3.04. The molecule has 1 saturated carbocycles. The molecule has 0 saturated heterocycles. The molecule has 0 atom stereocenters. The fourth-order valence-electron chi connectivity index (χ4n) is 3.45. The van der Waals surface area contributed by atoms with Crippen LogP contribution in [0.5, 0.6) is 0 Å². The Hall–Kier alpha value is -1.81. The lowest BCUT2D eigenvalue weighted by Gasteiger charge is -2.29. The fraction of sp³-hybridized carbons (Fsp3) is 0.474. The van der Waals surface area contributed by atoms with Crippen molar-refractivity contribution >= 4 is 12.1 Å². The summed E-state index contributed by atoms with van der Waals surface area (Å²) in [6.45, 7) is 2.06. The smallest absolute Gasteiger partial charge is 0.110 e. The van der Waals surface area contributed by atoms with E-state index in [4.69, 9.17) is 0 Å². The van der Waals surface area contributed by atoms with Gasteiger partial charge >= 0.3 is 0 Å². The zero-order valence-corrected chi connectivity index (χ0v) is 15.9. The highest BCUT2D eigenvalue weighted by atomic mass is 32.2. The van der Waals surface area contributed by atoms with Crippen LogP contribution in [0.15, 0.2) is 24.3 Å². The van der Waals surface area contributed by atoms with Crippen LogP contribution in [0.4, 0.5) is 0 Å². The van der Waals surface area contributed by atoms with Crippen molar-refractivity contribution in [3.63, 3.8) is 0 Å². The number of nitrogens with zero attached hydrogens (tertiary/aromatic N) is 3. The summed E-state index contributed by atoms with van der Waals surface area (Å²) in [6.07, 6.45) is 4.40. The molecule has 3 rings (SSSR count). The topological polar surface area (TPSA) is 67.7 Å². The van der Waals surface area contributed by atoms with Gasteiger partial charge in [-0.25, -0.2) is 9.03 Å². The zero-order chi connectivity index (χ0) is 17.8. The lowest BCUT2D eigenvalue weighted by Crippen LogP contribution is -2.30. The van der Waals surface area contributed by atoms with Crippen LogP contribution in [0, 0.1) is 18.3 Å². The van der Waals surface area contributed by atoms with E-state index in [9.17, 15) is 5.26 Å². The van der Waals surface area contributed by atoms with E-state index in [0.717, 1.165) is 42.6 Å². The summed E-state index contributed by atoms with van der Waals surface area (Å²) in [5.74, 6) is 0.392. The van der Waals surface area contributed by atoms with Crippen LogP contribution in [0.1, 0.15) is 48.4 Å². The number of nitriles is 1. The molecular formula is C19H25N5S. The van der Waals surface area contributed by atoms with Gasteiger partial charge in [0.05, 0.1) is 5.69 Å². The number of rotatable bonds is 5. The summed E-state index contributed by atoms with van der Waals surface area (Å²) in [4.78, 5) is 0. The molecule has 0 unspecified atom stereocenters. The summed E-state index contributed by atoms with van der Waals surface area (Å²) in [6, 6.07) is 11.1. The first-order valence-corrected chi connectivity index (χ1v) is 9.51. The molecule has 0 bridgehead atoms. The fourth-order valence-corrected chi connectivity index (χ4v) is 4.04. The summed E-state index contributed by atoms with van der Waals surface area (Å²) in [7, 11) is 4.08. The van der Waals surface area contributed by atoms with Crippen molar-refractivity contribution < 1.29 is 0 Å². The quantitative estimate of drug-likeness (QED) is 0.794. The Labute approximate surface area is 154 Å². The Morgan fingerprint density at radius 1 is 1.28 bits per heavy atom. The van der Waals surface area contributed by atoms with Crippen LogP contribution in [0.2, 0.25) is 0 Å². The van der Waals surface area contributed by atoms with Gasteiger partial charge in [-0.3, -0.25) is 5.10 Å². The van der Waals surface area contributed by atoms with Gasteiger partial charge in [-0.1, -0.05) is 23.8 Å². The van der Waals surface area contributed by atoms with Crippen molar-refractivity contribution in [2.75, 3.05) is 14.1 Å². The van der Waals surface area contributed by atoms with Crippen molar-refractivity contribution in [3.05, 3.63) is 41.1 Å². The van der Waals surface area contributed by atoms with Gasteiger partial charge in [-0.15, -0.1) is 0 Å². The minimum Gasteiger partial charge on any atom is -0.280 e. The van der Waals surface area contributed by atoms with E-state index in [1.807, 2.05) is 26.2 Å². The molecule has 0 spiro atoms. The highest BCUT2D eigenvalue weighted by Gasteiger charge is 2.27. The first kappa shape index (κ1) is 18.0. The van der Waals surface area contributed by atoms with Crippen molar-refractivity contribution in [2.24, 2.45) is 0 Å². The van der Waals surface area contributed by atoms with E-state index < -0.39 is 0 Å². The second-order valence-corrected chi connectivity index (χ2v) is 8.06. The van der Waals surface area contributed by atoms with E-state index in [2.05, 4.69) is 44.4 Å². The molecule has 1 fully saturated rings. The van der Waals surface area contributed by atoms with E-state index >= 15 is 0 Å². The number of H-pyrrole nitrogens is 1. The first-order chi connectivity index (χ1) is 12.1. The summed E-state index contributed by atoms with van der Waals surface area (Å²) < 4.78 is 5.58. The third kappa shape index (κ3) is 4.24. The number of aromatic nitrogens is 2. The van der Waals surface area contributed by atoms with Crippen LogP contribution in [-0.2, 0) is 0 Å². The highest BCUT2D eigenvalue weighted by molar-refractivity contribution is 7.95. The van der Waals surface area contributed by atoms with Gasteiger partial charge in [0.2, 0.25) is 0 Å². The van der Waals surface area contributed by atoms with Crippen molar-refractivity contribution in [2.45, 2.75) is 44.6 Å². The average molecular weight is 356 g/mol. The molecule has 0 aliphatic heterocycles. The van der Waals surface area contributed by atoms with Crippen LogP contribution in [0.25, 0.3) is 11.3 Å². The summed E-state index contributed by atoms with van der Waals surface area (Å²) >= 11 is 1.66. The molecule has 2 N–H and O–H groups in total. The van der Waals surface area contributed by atoms with Crippen molar-refractivity contribution in [3.8, 4) is 17.3 Å². The molecule has 5 nitrogen and oxygen atoms in total. The van der Waals surface area contributed by atoms with Gasteiger partial charge in [0.1, 0.15) is 17.3 Å². The molecule has 0 radical (unpaired) electrons. The predicted molar refractivity (Wildman–Crippen MR) is 103 cm³/mol. The van der Waals surface area contributed by atoms with Crippen molar-refractivity contribution in [1.29, 1.82) is 5.26 Å². The van der Waals surface area contributed by atoms with Crippen molar-refractivity contribution in [1.82, 2.24) is 19.2 Å². The van der Waals surface area contributed by atoms with Gasteiger partial charge in [0.15, 0.2) is 0 Å². The molecule has 0 amide bonds. The third-order valence-electron chi connectivity index (χ3n) is 4.73. The molecular weight excluding hydrogens is 330 g/mol. The van der Waals surface area contributed by atoms with E-state index in [1.54, 1.807) is 12.1 Å². The molecule has 1 aromatic carbocycles. The van der Waals surface area contributed by atoms with Crippen LogP contribution < -0.4 is 4.72 Å². The SMILES string of the molecule is Cc1cccc(-c2n[nH]c(C3CCC(NSN(C)C)CC3)c2C#N)c1. The number of hydrogen-bond donors (Lipinski definition) is 2. The summed E-state index contributed by atoms with van der Waals surface area (Å²) in [5, 5.41) is 17.4. The largest absolute Gasteiger partial charge is 0.280 e.